The molecule has 0 saturated carbocycles. The maximum Gasteiger partial charge on any atom is 0.139 e. The number of fused-ring (bicyclic) bond motifs is 4. The van der Waals surface area contributed by atoms with E-state index in [1.54, 1.807) is 0 Å². The van der Waals surface area contributed by atoms with E-state index < -0.39 is 0 Å². The van der Waals surface area contributed by atoms with Crippen molar-refractivity contribution in [1.29, 1.82) is 0 Å². The summed E-state index contributed by atoms with van der Waals surface area (Å²) in [6.07, 6.45) is 1.83. The van der Waals surface area contributed by atoms with Crippen molar-refractivity contribution >= 4 is 44.6 Å². The van der Waals surface area contributed by atoms with E-state index in [9.17, 15) is 0 Å². The van der Waals surface area contributed by atoms with Gasteiger partial charge in [0.2, 0.25) is 0 Å². The maximum atomic E-state index is 7.08. The average Bonchev–Trinajstić information content (AvgIpc) is 3.92. The molecule has 73 heavy (non-hydrogen) atoms. The van der Waals surface area contributed by atoms with Crippen LogP contribution in [0, 0.1) is 18.8 Å². The van der Waals surface area contributed by atoms with Crippen LogP contribution in [-0.2, 0) is 37.3 Å². The minimum atomic E-state index is -0.166. The molecule has 0 bridgehead atoms. The Labute approximate surface area is 445 Å². The Morgan fingerprint density at radius 1 is 0.493 bits per heavy atom. The maximum absolute atomic E-state index is 7.08. The fourth-order valence-electron chi connectivity index (χ4n) is 9.90. The fourth-order valence-corrected chi connectivity index (χ4v) is 9.90. The number of hydrogen-bond donors (Lipinski definition) is 0. The third-order valence-electron chi connectivity index (χ3n) is 13.6. The standard InChI is InChI=1S/C66H59N4O2.Pt/c1-64(2,3)46-38-55(65(4,5)6)63(56(39-46)66(7,8)9)72-50-36-37-67-61(42-50)70-57-31-17-16-28-53(57)54-35-34-49(41-60(54)70)71-48-27-20-26-47(40-48)68-43-69(59-33-19-18-32-58(59)68)62-51(44-22-12-10-13-23-44)29-21-30-52(62)45-24-14-11-15-25-45;/h10-39,42-43H,1-9H3;/q-3;. The molecule has 1 aliphatic heterocycles. The normalized spacial score (nSPS) is 12.8. The molecule has 0 saturated heterocycles. The van der Waals surface area contributed by atoms with Gasteiger partial charge in [-0.15, -0.1) is 48.1 Å². The summed E-state index contributed by atoms with van der Waals surface area (Å²) in [7, 11) is 0. The van der Waals surface area contributed by atoms with Crippen LogP contribution in [0.2, 0.25) is 0 Å². The first-order chi connectivity index (χ1) is 34.6. The molecular weight excluding hydrogens is 1080 g/mol. The first kappa shape index (κ1) is 49.2. The topological polar surface area (TPSA) is 42.8 Å². The Morgan fingerprint density at radius 2 is 1.07 bits per heavy atom. The van der Waals surface area contributed by atoms with Crippen LogP contribution in [0.5, 0.6) is 23.0 Å². The van der Waals surface area contributed by atoms with Gasteiger partial charge >= 0.3 is 0 Å². The van der Waals surface area contributed by atoms with Crippen molar-refractivity contribution in [1.82, 2.24) is 9.55 Å². The van der Waals surface area contributed by atoms with Gasteiger partial charge in [-0.3, -0.25) is 0 Å². The minimum Gasteiger partial charge on any atom is -0.509 e. The van der Waals surface area contributed by atoms with Gasteiger partial charge in [0, 0.05) is 89.7 Å². The zero-order chi connectivity index (χ0) is 49.9. The van der Waals surface area contributed by atoms with Crippen LogP contribution in [0.3, 0.4) is 0 Å². The van der Waals surface area contributed by atoms with Crippen LogP contribution in [-0.4, -0.2) is 9.55 Å². The molecule has 368 valence electrons. The van der Waals surface area contributed by atoms with Gasteiger partial charge in [0.15, 0.2) is 0 Å². The van der Waals surface area contributed by atoms with Crippen LogP contribution < -0.4 is 19.3 Å². The second-order valence-electron chi connectivity index (χ2n) is 21.8. The summed E-state index contributed by atoms with van der Waals surface area (Å²) in [5.74, 6) is 3.47. The van der Waals surface area contributed by atoms with Crippen molar-refractivity contribution < 1.29 is 30.5 Å². The second kappa shape index (κ2) is 19.2. The monoisotopic (exact) mass is 1130 g/mol. The molecule has 3 heterocycles. The van der Waals surface area contributed by atoms with E-state index in [0.717, 1.165) is 78.4 Å². The van der Waals surface area contributed by atoms with E-state index in [4.69, 9.17) is 14.5 Å². The van der Waals surface area contributed by atoms with Gasteiger partial charge in [0.1, 0.15) is 17.3 Å². The van der Waals surface area contributed by atoms with Crippen LogP contribution in [0.4, 0.5) is 22.7 Å². The molecule has 11 rings (SSSR count). The van der Waals surface area contributed by atoms with E-state index in [0.29, 0.717) is 17.2 Å². The zero-order valence-electron chi connectivity index (χ0n) is 42.9. The Kier molecular flexibility index (Phi) is 13.0. The number of anilines is 4. The summed E-state index contributed by atoms with van der Waals surface area (Å²) in [6.45, 7) is 22.6. The van der Waals surface area contributed by atoms with Crippen LogP contribution in [0.15, 0.2) is 188 Å². The quantitative estimate of drug-likeness (QED) is 0.135. The Balaban J connectivity index is 0.00000611. The average molecular weight is 1140 g/mol. The molecule has 0 aliphatic carbocycles. The number of pyridine rings is 1. The summed E-state index contributed by atoms with van der Waals surface area (Å²) in [4.78, 5) is 9.48. The van der Waals surface area contributed by atoms with E-state index in [1.807, 2.05) is 36.5 Å². The van der Waals surface area contributed by atoms with E-state index in [1.165, 1.54) is 16.7 Å². The number of hydrogen-bond acceptors (Lipinski definition) is 5. The molecule has 0 atom stereocenters. The van der Waals surface area contributed by atoms with Crippen molar-refractivity contribution in [2.75, 3.05) is 9.80 Å². The molecule has 0 fully saturated rings. The number of benzene rings is 8. The SMILES string of the molecule is CC(C)(C)c1cc(C(C)(C)C)c(Oc2ccnc(-n3c4[c-]c(Oc5[c-]c(N6[CH-]N(c7c(-c8ccccc8)cccc7-c7ccccc7)c7ccccc76)ccc5)ccc4c4ccccc43)c2)c(C(C)(C)C)c1.[Pt]. The number of para-hydroxylation sites is 4. The number of ether oxygens (including phenoxy) is 2. The van der Waals surface area contributed by atoms with E-state index >= 15 is 0 Å². The zero-order valence-corrected chi connectivity index (χ0v) is 45.2. The van der Waals surface area contributed by atoms with Crippen molar-refractivity contribution in [2.24, 2.45) is 0 Å². The van der Waals surface area contributed by atoms with Gasteiger partial charge in [-0.1, -0.05) is 189 Å². The Bertz CT molecular complexity index is 3540. The van der Waals surface area contributed by atoms with E-state index in [2.05, 4.69) is 247 Å². The fraction of sp³-hybridized carbons (Fsp3) is 0.182. The summed E-state index contributed by atoms with van der Waals surface area (Å²) in [5, 5.41) is 2.14. The van der Waals surface area contributed by atoms with Crippen molar-refractivity contribution in [3.8, 4) is 51.1 Å². The van der Waals surface area contributed by atoms with Gasteiger partial charge in [0.25, 0.3) is 0 Å². The molecule has 0 amide bonds. The number of nitrogens with zero attached hydrogens (tertiary/aromatic N) is 4. The van der Waals surface area contributed by atoms with Gasteiger partial charge in [-0.25, -0.2) is 4.98 Å². The predicted octanol–water partition coefficient (Wildman–Crippen LogP) is 18.0. The van der Waals surface area contributed by atoms with Crippen molar-refractivity contribution in [2.45, 2.75) is 78.6 Å². The smallest absolute Gasteiger partial charge is 0.139 e. The summed E-state index contributed by atoms with van der Waals surface area (Å²) in [5.41, 5.74) is 13.8. The molecule has 0 N–H and O–H groups in total. The molecule has 0 unspecified atom stereocenters. The summed E-state index contributed by atoms with van der Waals surface area (Å²) in [6, 6.07) is 70.8. The number of rotatable bonds is 9. The Morgan fingerprint density at radius 3 is 1.70 bits per heavy atom. The molecule has 8 aromatic carbocycles. The molecule has 0 spiro atoms. The third kappa shape index (κ3) is 9.46. The van der Waals surface area contributed by atoms with Gasteiger partial charge in [-0.2, -0.15) is 12.1 Å². The van der Waals surface area contributed by atoms with Gasteiger partial charge in [0.05, 0.1) is 0 Å². The van der Waals surface area contributed by atoms with Crippen molar-refractivity contribution in [3.05, 3.63) is 224 Å². The molecule has 7 heteroatoms. The predicted molar refractivity (Wildman–Crippen MR) is 298 cm³/mol. The largest absolute Gasteiger partial charge is 0.509 e. The summed E-state index contributed by atoms with van der Waals surface area (Å²) < 4.78 is 16.0. The van der Waals surface area contributed by atoms with Crippen LogP contribution >= 0.6 is 0 Å². The minimum absolute atomic E-state index is 0. The third-order valence-corrected chi connectivity index (χ3v) is 13.6. The Hall–Kier alpha value is -7.40. The molecule has 10 aromatic rings. The molecular formula is C66H59N4O2Pt-3. The second-order valence-corrected chi connectivity index (χ2v) is 21.8. The first-order valence-electron chi connectivity index (χ1n) is 24.9. The molecule has 1 aliphatic rings. The van der Waals surface area contributed by atoms with Crippen LogP contribution in [0.25, 0.3) is 49.9 Å². The molecule has 6 nitrogen and oxygen atoms in total. The number of aromatic nitrogens is 2. The van der Waals surface area contributed by atoms with Crippen LogP contribution in [0.1, 0.15) is 79.0 Å². The van der Waals surface area contributed by atoms with E-state index in [-0.39, 0.29) is 37.3 Å². The molecule has 2 aromatic heterocycles. The van der Waals surface area contributed by atoms with Gasteiger partial charge < -0.3 is 23.8 Å². The summed E-state index contributed by atoms with van der Waals surface area (Å²) >= 11 is 0. The van der Waals surface area contributed by atoms with Gasteiger partial charge in [-0.05, 0) is 62.6 Å². The van der Waals surface area contributed by atoms with Crippen molar-refractivity contribution in [3.63, 3.8) is 0 Å². The molecule has 0 radical (unpaired) electrons. The first-order valence-corrected chi connectivity index (χ1v) is 24.9.